The average Bonchev–Trinajstić information content (AvgIpc) is 2.99. The second kappa shape index (κ2) is 21.2. The Morgan fingerprint density at radius 2 is 1.81 bits per heavy atom. The van der Waals surface area contributed by atoms with E-state index < -0.39 is 18.8 Å². The van der Waals surface area contributed by atoms with Gasteiger partial charge in [0, 0.05) is 40.4 Å². The largest absolute Gasteiger partial charge is 0.481 e. The van der Waals surface area contributed by atoms with Crippen molar-refractivity contribution in [3.63, 3.8) is 0 Å². The van der Waals surface area contributed by atoms with Gasteiger partial charge in [-0.3, -0.25) is 24.5 Å². The van der Waals surface area contributed by atoms with E-state index in [4.69, 9.17) is 31.4 Å². The minimum Gasteiger partial charge on any atom is -0.481 e. The van der Waals surface area contributed by atoms with Crippen LogP contribution in [-0.4, -0.2) is 43.3 Å². The summed E-state index contributed by atoms with van der Waals surface area (Å²) in [6.45, 7) is 22.9. The lowest BCUT2D eigenvalue weighted by molar-refractivity contribution is -0.184. The lowest BCUT2D eigenvalue weighted by Crippen LogP contribution is -2.29. The lowest BCUT2D eigenvalue weighted by atomic mass is 9.77. The molecule has 0 amide bonds. The van der Waals surface area contributed by atoms with Crippen molar-refractivity contribution in [1.82, 2.24) is 5.32 Å². The molecule has 8 nitrogen and oxygen atoms in total. The third-order valence-corrected chi connectivity index (χ3v) is 8.33. The van der Waals surface area contributed by atoms with Gasteiger partial charge in [-0.05, 0) is 82.0 Å². The van der Waals surface area contributed by atoms with Crippen LogP contribution < -0.4 is 10.5 Å². The van der Waals surface area contributed by atoms with Gasteiger partial charge in [0.1, 0.15) is 0 Å². The van der Waals surface area contributed by atoms with E-state index in [1.165, 1.54) is 12.7 Å². The van der Waals surface area contributed by atoms with E-state index in [1.54, 1.807) is 12.1 Å². The van der Waals surface area contributed by atoms with Crippen LogP contribution in [0.25, 0.3) is 5.70 Å². The van der Waals surface area contributed by atoms with Crippen LogP contribution in [0.1, 0.15) is 114 Å². The average molecular weight is 689 g/mol. The van der Waals surface area contributed by atoms with Crippen LogP contribution in [0.2, 0.25) is 11.3 Å². The summed E-state index contributed by atoms with van der Waals surface area (Å²) < 4.78 is 16.7. The molecular formula is C37H59BClFN4O4. The number of aliphatic imine (C=N–C) groups is 2. The smallest absolute Gasteiger partial charge is 0.450 e. The molecule has 0 spiro atoms. The molecule has 0 aliphatic carbocycles. The van der Waals surface area contributed by atoms with Crippen molar-refractivity contribution < 1.29 is 24.0 Å². The van der Waals surface area contributed by atoms with Crippen LogP contribution in [0.4, 0.5) is 10.1 Å². The molecule has 48 heavy (non-hydrogen) atoms. The number of carboxylic acids is 1. The maximum atomic E-state index is 16.7. The normalized spacial score (nSPS) is 15.2. The van der Waals surface area contributed by atoms with Crippen LogP contribution >= 0.6 is 11.6 Å². The molecule has 0 bridgehead atoms. The first-order valence-corrected chi connectivity index (χ1v) is 17.5. The summed E-state index contributed by atoms with van der Waals surface area (Å²) in [7, 11) is 0.836. The molecule has 0 heterocycles. The molecule has 1 rings (SSSR count). The molecule has 268 valence electrons. The molecule has 0 aliphatic heterocycles. The Hall–Kier alpha value is -2.95. The molecule has 0 aliphatic rings. The molecule has 1 aromatic rings. The summed E-state index contributed by atoms with van der Waals surface area (Å²) in [5.41, 5.74) is 4.11. The van der Waals surface area contributed by atoms with Crippen molar-refractivity contribution >= 4 is 47.6 Å². The van der Waals surface area contributed by atoms with Crippen molar-refractivity contribution in [2.75, 3.05) is 18.9 Å². The fourth-order valence-electron chi connectivity index (χ4n) is 5.06. The summed E-state index contributed by atoms with van der Waals surface area (Å²) in [6.07, 6.45) is 7.86. The Morgan fingerprint density at radius 1 is 1.15 bits per heavy atom. The first kappa shape index (κ1) is 43.1. The highest BCUT2D eigenvalue weighted by molar-refractivity contribution is 6.55. The molecule has 3 N–H and O–H groups in total. The monoisotopic (exact) mass is 688 g/mol. The third kappa shape index (κ3) is 14.7. The molecule has 0 saturated carbocycles. The number of aliphatic carboxylic acids is 1. The number of benzene rings is 1. The van der Waals surface area contributed by atoms with Crippen LogP contribution in [0, 0.1) is 23.1 Å². The minimum atomic E-state index is -0.816. The SMILES string of the molecule is CCCB(Nc1cc(Cl)cc(/C(N=C(C(C)CC)C(C)(C)C)=C(C)\C(=C\C=C(C)CC)NC(C)=NCCC(C)CC(=O)O)c1F)OOC. The van der Waals surface area contributed by atoms with Crippen molar-refractivity contribution in [3.05, 3.63) is 57.5 Å². The number of nitrogens with one attached hydrogen (secondary N) is 2. The summed E-state index contributed by atoms with van der Waals surface area (Å²) in [5.74, 6) is -0.532. The van der Waals surface area contributed by atoms with E-state index in [9.17, 15) is 4.79 Å². The predicted octanol–water partition coefficient (Wildman–Crippen LogP) is 10.4. The Balaban J connectivity index is 4.08. The molecule has 0 saturated heterocycles. The summed E-state index contributed by atoms with van der Waals surface area (Å²) in [5, 5.41) is 16.0. The second-order valence-corrected chi connectivity index (χ2v) is 14.0. The molecule has 1 aromatic carbocycles. The Morgan fingerprint density at radius 3 is 2.35 bits per heavy atom. The number of rotatable bonds is 19. The van der Waals surface area contributed by atoms with Gasteiger partial charge in [-0.25, -0.2) is 4.39 Å². The van der Waals surface area contributed by atoms with Gasteiger partial charge in [0.25, 0.3) is 0 Å². The zero-order valence-electron chi connectivity index (χ0n) is 31.3. The van der Waals surface area contributed by atoms with Gasteiger partial charge in [-0.2, -0.15) is 0 Å². The van der Waals surface area contributed by atoms with E-state index in [1.807, 2.05) is 39.8 Å². The fraction of sp³-hybridized carbons (Fsp3) is 0.595. The topological polar surface area (TPSA) is 105 Å². The van der Waals surface area contributed by atoms with Gasteiger partial charge in [-0.15, -0.1) is 0 Å². The standard InChI is InChI=1S/C37H59BClFN4O4/c1-13-19-38(48-47-12)44-32-23-29(39)22-30(34(32)40)35(43-36(26(6)15-3)37(9,10)11)27(7)31(17-16-24(4)14-2)42-28(8)41-20-18-25(5)21-33(45)46/h16-17,22-23,25-26,44H,13-15,18-21H2,1-12H3,(H,41,42)(H,45,46)/b24-16?,31-17-,35-27+,43-36?. The zero-order chi connectivity index (χ0) is 36.6. The highest BCUT2D eigenvalue weighted by Crippen LogP contribution is 2.36. The van der Waals surface area contributed by atoms with Crippen LogP contribution in [-0.2, 0) is 14.5 Å². The van der Waals surface area contributed by atoms with Gasteiger partial charge in [0.2, 0.25) is 0 Å². The Labute approximate surface area is 294 Å². The second-order valence-electron chi connectivity index (χ2n) is 13.6. The highest BCUT2D eigenvalue weighted by atomic mass is 35.5. The summed E-state index contributed by atoms with van der Waals surface area (Å²) >= 11 is 6.68. The molecule has 0 fully saturated rings. The van der Waals surface area contributed by atoms with Gasteiger partial charge in [-0.1, -0.05) is 85.1 Å². The predicted molar refractivity (Wildman–Crippen MR) is 202 cm³/mol. The fourth-order valence-corrected chi connectivity index (χ4v) is 5.28. The Kier molecular flexibility index (Phi) is 19.0. The van der Waals surface area contributed by atoms with Crippen LogP contribution in [0.3, 0.4) is 0 Å². The van der Waals surface area contributed by atoms with Gasteiger partial charge >= 0.3 is 13.0 Å². The number of amidine groups is 1. The van der Waals surface area contributed by atoms with Crippen LogP contribution in [0.5, 0.6) is 0 Å². The number of carboxylic acid groups (broad SMARTS) is 1. The maximum absolute atomic E-state index is 16.7. The van der Waals surface area contributed by atoms with E-state index in [0.29, 0.717) is 47.1 Å². The third-order valence-electron chi connectivity index (χ3n) is 8.11. The number of hydrogen-bond donors (Lipinski definition) is 3. The summed E-state index contributed by atoms with van der Waals surface area (Å²) in [6, 6.07) is 3.16. The van der Waals surface area contributed by atoms with Crippen molar-refractivity contribution in [1.29, 1.82) is 0 Å². The number of halogens is 2. The minimum absolute atomic E-state index is 0.00275. The van der Waals surface area contributed by atoms with Crippen molar-refractivity contribution in [3.8, 4) is 0 Å². The number of anilines is 1. The molecule has 0 radical (unpaired) electrons. The molecule has 11 heteroatoms. The van der Waals surface area contributed by atoms with E-state index in [-0.39, 0.29) is 34.9 Å². The quantitative estimate of drug-likeness (QED) is 0.0334. The number of nitrogens with zero attached hydrogens (tertiary/aromatic N) is 2. The number of hydrogen-bond acceptors (Lipinski definition) is 6. The summed E-state index contributed by atoms with van der Waals surface area (Å²) in [4.78, 5) is 31.4. The zero-order valence-corrected chi connectivity index (χ0v) is 32.1. The lowest BCUT2D eigenvalue weighted by Gasteiger charge is -2.28. The molecule has 0 aromatic heterocycles. The number of carbonyl (C=O) groups is 1. The first-order valence-electron chi connectivity index (χ1n) is 17.1. The van der Waals surface area contributed by atoms with E-state index >= 15 is 4.39 Å². The highest BCUT2D eigenvalue weighted by Gasteiger charge is 2.27. The molecule has 2 atom stereocenters. The van der Waals surface area contributed by atoms with Gasteiger partial charge in [0.05, 0.1) is 24.3 Å². The van der Waals surface area contributed by atoms with Crippen molar-refractivity contribution in [2.24, 2.45) is 27.2 Å². The van der Waals surface area contributed by atoms with E-state index in [0.717, 1.165) is 25.0 Å². The first-order chi connectivity index (χ1) is 22.5. The number of allylic oxidation sites excluding steroid dienone is 4. The van der Waals surface area contributed by atoms with E-state index in [2.05, 4.69) is 64.0 Å². The van der Waals surface area contributed by atoms with Crippen LogP contribution in [0.15, 0.2) is 51.1 Å². The molecular weight excluding hydrogens is 630 g/mol. The van der Waals surface area contributed by atoms with Gasteiger partial charge in [0.15, 0.2) is 5.82 Å². The molecule has 2 unspecified atom stereocenters. The van der Waals surface area contributed by atoms with Crippen molar-refractivity contribution in [2.45, 2.75) is 115 Å². The Bertz CT molecular complexity index is 1360. The maximum Gasteiger partial charge on any atom is 0.450 e. The van der Waals surface area contributed by atoms with Gasteiger partial charge < -0.3 is 15.7 Å².